The molecule has 0 saturated carbocycles. The average molecular weight is 389 g/mol. The molecule has 1 heterocycles. The number of ether oxygens (including phenoxy) is 1. The molecule has 0 spiro atoms. The number of methoxy groups -OCH3 is 1. The highest BCUT2D eigenvalue weighted by atomic mass is 32.2. The molecule has 0 unspecified atom stereocenters. The standard InChI is InChI=1S/C19H23N3O4S/c1-13(23)21-15-8-9-18(26-2)19(10-15)27(24,25)22-11-16(17(20)12-22)14-6-4-3-5-7-14/h3-10,16-17H,11-12,20H2,1-2H3,(H,21,23)/t16-,17+/m0/s1. The lowest BCUT2D eigenvalue weighted by molar-refractivity contribution is -0.114. The van der Waals surface area contributed by atoms with Crippen LogP contribution in [0.25, 0.3) is 0 Å². The van der Waals surface area contributed by atoms with Crippen LogP contribution < -0.4 is 15.8 Å². The van der Waals surface area contributed by atoms with Gasteiger partial charge in [0, 0.05) is 37.7 Å². The van der Waals surface area contributed by atoms with E-state index < -0.39 is 10.0 Å². The summed E-state index contributed by atoms with van der Waals surface area (Å²) >= 11 is 0. The van der Waals surface area contributed by atoms with E-state index in [2.05, 4.69) is 5.32 Å². The lowest BCUT2D eigenvalue weighted by Crippen LogP contribution is -2.32. The molecule has 3 N–H and O–H groups in total. The highest BCUT2D eigenvalue weighted by Gasteiger charge is 2.39. The second kappa shape index (κ2) is 7.67. The molecule has 144 valence electrons. The molecule has 1 aliphatic heterocycles. The van der Waals surface area contributed by atoms with Gasteiger partial charge in [0.05, 0.1) is 7.11 Å². The van der Waals surface area contributed by atoms with Gasteiger partial charge in [-0.05, 0) is 23.8 Å². The fourth-order valence-electron chi connectivity index (χ4n) is 3.34. The number of nitrogens with zero attached hydrogens (tertiary/aromatic N) is 1. The van der Waals surface area contributed by atoms with Crippen molar-refractivity contribution in [1.29, 1.82) is 0 Å². The van der Waals surface area contributed by atoms with E-state index in [1.807, 2.05) is 30.3 Å². The molecule has 1 aliphatic rings. The largest absolute Gasteiger partial charge is 0.495 e. The summed E-state index contributed by atoms with van der Waals surface area (Å²) in [5.41, 5.74) is 7.66. The number of anilines is 1. The monoisotopic (exact) mass is 389 g/mol. The van der Waals surface area contributed by atoms with Crippen molar-refractivity contribution < 1.29 is 17.9 Å². The van der Waals surface area contributed by atoms with Crippen LogP contribution in [0.3, 0.4) is 0 Å². The molecule has 2 aromatic carbocycles. The molecule has 2 aromatic rings. The highest BCUT2D eigenvalue weighted by molar-refractivity contribution is 7.89. The molecule has 2 atom stereocenters. The van der Waals surface area contributed by atoms with Gasteiger partial charge in [0.15, 0.2) is 0 Å². The molecule has 1 amide bonds. The van der Waals surface area contributed by atoms with Crippen molar-refractivity contribution in [1.82, 2.24) is 4.31 Å². The third-order valence-electron chi connectivity index (χ3n) is 4.66. The lowest BCUT2D eigenvalue weighted by atomic mass is 9.95. The van der Waals surface area contributed by atoms with Crippen LogP contribution in [0.4, 0.5) is 5.69 Å². The predicted octanol–water partition coefficient (Wildman–Crippen LogP) is 1.77. The maximum absolute atomic E-state index is 13.3. The number of nitrogens with two attached hydrogens (primary N) is 1. The fraction of sp³-hybridized carbons (Fsp3) is 0.316. The van der Waals surface area contributed by atoms with Gasteiger partial charge in [-0.3, -0.25) is 4.79 Å². The Hall–Kier alpha value is -2.42. The van der Waals surface area contributed by atoms with Crippen LogP contribution in [-0.4, -0.2) is 44.9 Å². The van der Waals surface area contributed by atoms with Crippen LogP contribution in [0.5, 0.6) is 5.75 Å². The third-order valence-corrected chi connectivity index (χ3v) is 6.51. The van der Waals surface area contributed by atoms with Gasteiger partial charge >= 0.3 is 0 Å². The number of sulfonamides is 1. The van der Waals surface area contributed by atoms with Gasteiger partial charge < -0.3 is 15.8 Å². The topological polar surface area (TPSA) is 102 Å². The number of carbonyl (C=O) groups excluding carboxylic acids is 1. The van der Waals surface area contributed by atoms with E-state index in [0.717, 1.165) is 5.56 Å². The Morgan fingerprint density at radius 1 is 1.19 bits per heavy atom. The Morgan fingerprint density at radius 2 is 1.89 bits per heavy atom. The first-order valence-corrected chi connectivity index (χ1v) is 10.0. The molecule has 0 aliphatic carbocycles. The summed E-state index contributed by atoms with van der Waals surface area (Å²) in [4.78, 5) is 11.3. The maximum atomic E-state index is 13.3. The van der Waals surface area contributed by atoms with Gasteiger partial charge in [-0.15, -0.1) is 0 Å². The number of benzene rings is 2. The van der Waals surface area contributed by atoms with Gasteiger partial charge in [0.2, 0.25) is 15.9 Å². The van der Waals surface area contributed by atoms with E-state index in [0.29, 0.717) is 12.2 Å². The Morgan fingerprint density at radius 3 is 2.52 bits per heavy atom. The number of hydrogen-bond donors (Lipinski definition) is 2. The summed E-state index contributed by atoms with van der Waals surface area (Å²) in [6.45, 7) is 1.87. The van der Waals surface area contributed by atoms with Gasteiger partial charge in [0.25, 0.3) is 0 Å². The quantitative estimate of drug-likeness (QED) is 0.811. The molecule has 8 heteroatoms. The zero-order valence-corrected chi connectivity index (χ0v) is 16.1. The third kappa shape index (κ3) is 3.97. The minimum atomic E-state index is -3.84. The smallest absolute Gasteiger partial charge is 0.246 e. The SMILES string of the molecule is COc1ccc(NC(C)=O)cc1S(=O)(=O)N1C[C@@H](N)[C@H](c2ccccc2)C1. The second-order valence-corrected chi connectivity index (χ2v) is 8.46. The first-order valence-electron chi connectivity index (χ1n) is 8.59. The van der Waals surface area contributed by atoms with Crippen molar-refractivity contribution in [2.45, 2.75) is 23.8 Å². The molecule has 0 radical (unpaired) electrons. The molecular formula is C19H23N3O4S. The van der Waals surface area contributed by atoms with Crippen LogP contribution in [0, 0.1) is 0 Å². The Labute approximate surface area is 159 Å². The van der Waals surface area contributed by atoms with E-state index in [9.17, 15) is 13.2 Å². The van der Waals surface area contributed by atoms with Crippen LogP contribution in [0.15, 0.2) is 53.4 Å². The zero-order chi connectivity index (χ0) is 19.6. The van der Waals surface area contributed by atoms with Gasteiger partial charge in [0.1, 0.15) is 10.6 Å². The van der Waals surface area contributed by atoms with Crippen molar-refractivity contribution >= 4 is 21.6 Å². The number of nitrogens with one attached hydrogen (secondary N) is 1. The molecular weight excluding hydrogens is 366 g/mol. The molecule has 27 heavy (non-hydrogen) atoms. The fourth-order valence-corrected chi connectivity index (χ4v) is 5.02. The first kappa shape index (κ1) is 19.3. The van der Waals surface area contributed by atoms with Crippen LogP contribution in [-0.2, 0) is 14.8 Å². The number of amides is 1. The molecule has 0 bridgehead atoms. The Bertz CT molecular complexity index is 931. The first-order chi connectivity index (χ1) is 12.8. The van der Waals surface area contributed by atoms with E-state index in [1.165, 1.54) is 30.5 Å². The van der Waals surface area contributed by atoms with Crippen LogP contribution in [0.2, 0.25) is 0 Å². The van der Waals surface area contributed by atoms with Crippen molar-refractivity contribution in [3.05, 3.63) is 54.1 Å². The average Bonchev–Trinajstić information content (AvgIpc) is 3.04. The van der Waals surface area contributed by atoms with E-state index in [1.54, 1.807) is 6.07 Å². The number of hydrogen-bond acceptors (Lipinski definition) is 5. The van der Waals surface area contributed by atoms with Crippen molar-refractivity contribution in [3.8, 4) is 5.75 Å². The summed E-state index contributed by atoms with van der Waals surface area (Å²) in [5.74, 6) is -0.137. The predicted molar refractivity (Wildman–Crippen MR) is 103 cm³/mol. The molecule has 1 saturated heterocycles. The lowest BCUT2D eigenvalue weighted by Gasteiger charge is -2.19. The molecule has 0 aromatic heterocycles. The zero-order valence-electron chi connectivity index (χ0n) is 15.3. The normalized spacial score (nSPS) is 20.4. The summed E-state index contributed by atoms with van der Waals surface area (Å²) < 4.78 is 33.1. The molecule has 3 rings (SSSR count). The number of rotatable bonds is 5. The summed E-state index contributed by atoms with van der Waals surface area (Å²) in [6.07, 6.45) is 0. The van der Waals surface area contributed by atoms with Crippen LogP contribution >= 0.6 is 0 Å². The van der Waals surface area contributed by atoms with Gasteiger partial charge in [-0.1, -0.05) is 30.3 Å². The van der Waals surface area contributed by atoms with Gasteiger partial charge in [-0.2, -0.15) is 4.31 Å². The summed E-state index contributed by atoms with van der Waals surface area (Å²) in [5, 5.41) is 2.60. The molecule has 1 fully saturated rings. The van der Waals surface area contributed by atoms with E-state index >= 15 is 0 Å². The Kier molecular flexibility index (Phi) is 5.50. The van der Waals surface area contributed by atoms with Crippen LogP contribution in [0.1, 0.15) is 18.4 Å². The second-order valence-electron chi connectivity index (χ2n) is 6.55. The highest BCUT2D eigenvalue weighted by Crippen LogP contribution is 2.34. The van der Waals surface area contributed by atoms with Crippen molar-refractivity contribution in [3.63, 3.8) is 0 Å². The minimum absolute atomic E-state index is 0.0113. The Balaban J connectivity index is 1.93. The maximum Gasteiger partial charge on any atom is 0.246 e. The summed E-state index contributed by atoms with van der Waals surface area (Å²) in [6, 6.07) is 13.9. The molecule has 7 nitrogen and oxygen atoms in total. The van der Waals surface area contributed by atoms with E-state index in [4.69, 9.17) is 10.5 Å². The van der Waals surface area contributed by atoms with Crippen molar-refractivity contribution in [2.75, 3.05) is 25.5 Å². The minimum Gasteiger partial charge on any atom is -0.495 e. The number of carbonyl (C=O) groups is 1. The summed E-state index contributed by atoms with van der Waals surface area (Å²) in [7, 11) is -2.42. The van der Waals surface area contributed by atoms with Gasteiger partial charge in [-0.25, -0.2) is 8.42 Å². The van der Waals surface area contributed by atoms with Crippen molar-refractivity contribution in [2.24, 2.45) is 5.73 Å². The van der Waals surface area contributed by atoms with E-state index in [-0.39, 0.29) is 35.1 Å².